The Balaban J connectivity index is 0.00000144. The van der Waals surface area contributed by atoms with E-state index in [1.54, 1.807) is 12.4 Å². The number of anilines is 1. The van der Waals surface area contributed by atoms with Gasteiger partial charge < -0.3 is 10.6 Å². The lowest BCUT2D eigenvalue weighted by Gasteiger charge is -2.09. The van der Waals surface area contributed by atoms with Crippen LogP contribution in [0.15, 0.2) is 18.5 Å². The maximum Gasteiger partial charge on any atom is 0.224 e. The Kier molecular flexibility index (Phi) is 7.91. The molecule has 0 bridgehead atoms. The van der Waals surface area contributed by atoms with Crippen LogP contribution in [0.1, 0.15) is 18.4 Å². The van der Waals surface area contributed by atoms with Crippen LogP contribution < -0.4 is 10.6 Å². The third-order valence-corrected chi connectivity index (χ3v) is 2.80. The monoisotopic (exact) mass is 291 g/mol. The summed E-state index contributed by atoms with van der Waals surface area (Å²) in [6.45, 7) is 3.95. The van der Waals surface area contributed by atoms with Gasteiger partial charge in [-0.1, -0.05) is 0 Å². The number of nitrogens with zero attached hydrogens (tertiary/aromatic N) is 1. The Hall–Kier alpha value is -0.840. The summed E-state index contributed by atoms with van der Waals surface area (Å²) in [5.74, 6) is 0.568. The van der Waals surface area contributed by atoms with E-state index in [2.05, 4.69) is 15.6 Å². The van der Waals surface area contributed by atoms with Crippen molar-refractivity contribution in [1.29, 1.82) is 0 Å². The first-order chi connectivity index (χ1) is 7.74. The standard InChI is InChI=1S/C12H17N3O.2ClH/c1-9-4-11(8-14-6-9)15-12(16)5-10-2-3-13-7-10;;/h4,6,8,10,13H,2-3,5,7H2,1H3,(H,15,16);2*1H. The van der Waals surface area contributed by atoms with Crippen LogP contribution in [0.3, 0.4) is 0 Å². The minimum absolute atomic E-state index is 0. The van der Waals surface area contributed by atoms with Gasteiger partial charge in [0.15, 0.2) is 0 Å². The third-order valence-electron chi connectivity index (χ3n) is 2.80. The lowest BCUT2D eigenvalue weighted by Crippen LogP contribution is -2.18. The zero-order valence-corrected chi connectivity index (χ0v) is 11.9. The minimum Gasteiger partial charge on any atom is -0.325 e. The number of carbonyl (C=O) groups excluding carboxylic acids is 1. The molecule has 1 unspecified atom stereocenters. The van der Waals surface area contributed by atoms with E-state index < -0.39 is 0 Å². The van der Waals surface area contributed by atoms with Gasteiger partial charge in [0.2, 0.25) is 5.91 Å². The lowest BCUT2D eigenvalue weighted by molar-refractivity contribution is -0.116. The van der Waals surface area contributed by atoms with Crippen LogP contribution in [0.4, 0.5) is 5.69 Å². The predicted molar refractivity (Wildman–Crippen MR) is 77.7 cm³/mol. The molecule has 2 N–H and O–H groups in total. The first-order valence-electron chi connectivity index (χ1n) is 5.66. The number of rotatable bonds is 3. The molecule has 1 atom stereocenters. The first kappa shape index (κ1) is 17.2. The number of amides is 1. The molecule has 4 nitrogen and oxygen atoms in total. The second-order valence-corrected chi connectivity index (χ2v) is 4.36. The van der Waals surface area contributed by atoms with E-state index in [4.69, 9.17) is 0 Å². The van der Waals surface area contributed by atoms with Crippen molar-refractivity contribution in [2.45, 2.75) is 19.8 Å². The number of hydrogen-bond acceptors (Lipinski definition) is 3. The van der Waals surface area contributed by atoms with Crippen molar-refractivity contribution >= 4 is 36.4 Å². The van der Waals surface area contributed by atoms with Gasteiger partial charge in [0.05, 0.1) is 11.9 Å². The number of halogens is 2. The Labute approximate surface area is 120 Å². The molecule has 1 fully saturated rings. The highest BCUT2D eigenvalue weighted by Gasteiger charge is 2.17. The molecule has 0 saturated carbocycles. The molecule has 2 heterocycles. The largest absolute Gasteiger partial charge is 0.325 e. The van der Waals surface area contributed by atoms with Crippen molar-refractivity contribution < 1.29 is 4.79 Å². The zero-order valence-electron chi connectivity index (χ0n) is 10.3. The molecule has 6 heteroatoms. The smallest absolute Gasteiger partial charge is 0.224 e. The number of aryl methyl sites for hydroxylation is 1. The number of pyridine rings is 1. The van der Waals surface area contributed by atoms with Gasteiger partial charge in [-0.3, -0.25) is 9.78 Å². The molecule has 0 radical (unpaired) electrons. The first-order valence-corrected chi connectivity index (χ1v) is 5.66. The highest BCUT2D eigenvalue weighted by molar-refractivity contribution is 5.90. The van der Waals surface area contributed by atoms with Gasteiger partial charge in [-0.25, -0.2) is 0 Å². The Morgan fingerprint density at radius 2 is 2.28 bits per heavy atom. The van der Waals surface area contributed by atoms with Gasteiger partial charge in [-0.05, 0) is 44.0 Å². The van der Waals surface area contributed by atoms with Gasteiger partial charge in [0.1, 0.15) is 0 Å². The van der Waals surface area contributed by atoms with Gasteiger partial charge in [-0.2, -0.15) is 0 Å². The second kappa shape index (κ2) is 8.29. The Bertz CT molecular complexity index is 381. The summed E-state index contributed by atoms with van der Waals surface area (Å²) in [5.41, 5.74) is 1.84. The quantitative estimate of drug-likeness (QED) is 0.897. The summed E-state index contributed by atoms with van der Waals surface area (Å²) in [6, 6.07) is 1.93. The van der Waals surface area contributed by atoms with E-state index in [-0.39, 0.29) is 30.7 Å². The SMILES string of the molecule is Cc1cncc(NC(=O)CC2CCNC2)c1.Cl.Cl. The maximum absolute atomic E-state index is 11.7. The number of hydrogen-bond donors (Lipinski definition) is 2. The van der Waals surface area contributed by atoms with E-state index in [1.165, 1.54) is 0 Å². The summed E-state index contributed by atoms with van der Waals surface area (Å²) in [7, 11) is 0. The van der Waals surface area contributed by atoms with Crippen LogP contribution in [0.25, 0.3) is 0 Å². The van der Waals surface area contributed by atoms with Gasteiger partial charge in [0, 0.05) is 12.6 Å². The molecule has 18 heavy (non-hydrogen) atoms. The zero-order chi connectivity index (χ0) is 11.4. The van der Waals surface area contributed by atoms with Crippen LogP contribution in [-0.4, -0.2) is 24.0 Å². The van der Waals surface area contributed by atoms with Crippen LogP contribution in [-0.2, 0) is 4.79 Å². The molecule has 0 aromatic carbocycles. The van der Waals surface area contributed by atoms with Crippen molar-refractivity contribution in [2.24, 2.45) is 5.92 Å². The fourth-order valence-corrected chi connectivity index (χ4v) is 1.99. The average molecular weight is 292 g/mol. The molecular formula is C12H19Cl2N3O. The Morgan fingerprint density at radius 1 is 1.50 bits per heavy atom. The third kappa shape index (κ3) is 5.21. The summed E-state index contributed by atoms with van der Waals surface area (Å²) in [5, 5.41) is 6.14. The fraction of sp³-hybridized carbons (Fsp3) is 0.500. The normalized spacial score (nSPS) is 17.5. The van der Waals surface area contributed by atoms with Crippen molar-refractivity contribution in [1.82, 2.24) is 10.3 Å². The number of nitrogens with one attached hydrogen (secondary N) is 2. The summed E-state index contributed by atoms with van der Waals surface area (Å²) < 4.78 is 0. The molecule has 1 aliphatic heterocycles. The molecule has 0 spiro atoms. The minimum atomic E-state index is 0. The van der Waals surface area contributed by atoms with Gasteiger partial charge in [-0.15, -0.1) is 24.8 Å². The van der Waals surface area contributed by atoms with Crippen molar-refractivity contribution in [2.75, 3.05) is 18.4 Å². The molecule has 2 rings (SSSR count). The van der Waals surface area contributed by atoms with Crippen molar-refractivity contribution in [3.05, 3.63) is 24.0 Å². The molecule has 0 aliphatic carbocycles. The van der Waals surface area contributed by atoms with Crippen LogP contribution in [0.5, 0.6) is 0 Å². The summed E-state index contributed by atoms with van der Waals surface area (Å²) in [4.78, 5) is 15.8. The fourth-order valence-electron chi connectivity index (χ4n) is 1.99. The van der Waals surface area contributed by atoms with E-state index >= 15 is 0 Å². The van der Waals surface area contributed by atoms with Gasteiger partial charge >= 0.3 is 0 Å². The molecule has 1 amide bonds. The topological polar surface area (TPSA) is 54.0 Å². The van der Waals surface area contributed by atoms with E-state index in [9.17, 15) is 4.79 Å². The lowest BCUT2D eigenvalue weighted by atomic mass is 10.0. The highest BCUT2D eigenvalue weighted by Crippen LogP contribution is 2.14. The molecule has 1 aromatic rings. The average Bonchev–Trinajstić information content (AvgIpc) is 2.70. The van der Waals surface area contributed by atoms with Crippen molar-refractivity contribution in [3.8, 4) is 0 Å². The predicted octanol–water partition coefficient (Wildman–Crippen LogP) is 2.17. The van der Waals surface area contributed by atoms with E-state index in [0.717, 1.165) is 30.8 Å². The molecule has 1 aliphatic rings. The number of aromatic nitrogens is 1. The summed E-state index contributed by atoms with van der Waals surface area (Å²) in [6.07, 6.45) is 5.15. The van der Waals surface area contributed by atoms with E-state index in [1.807, 2.05) is 13.0 Å². The Morgan fingerprint density at radius 3 is 2.89 bits per heavy atom. The highest BCUT2D eigenvalue weighted by atomic mass is 35.5. The summed E-state index contributed by atoms with van der Waals surface area (Å²) >= 11 is 0. The van der Waals surface area contributed by atoms with E-state index in [0.29, 0.717) is 12.3 Å². The molecular weight excluding hydrogens is 273 g/mol. The van der Waals surface area contributed by atoms with Crippen LogP contribution in [0, 0.1) is 12.8 Å². The van der Waals surface area contributed by atoms with Crippen LogP contribution >= 0.6 is 24.8 Å². The number of carbonyl (C=O) groups is 1. The van der Waals surface area contributed by atoms with Crippen LogP contribution in [0.2, 0.25) is 0 Å². The van der Waals surface area contributed by atoms with Gasteiger partial charge in [0.25, 0.3) is 0 Å². The second-order valence-electron chi connectivity index (χ2n) is 4.36. The van der Waals surface area contributed by atoms with Crippen molar-refractivity contribution in [3.63, 3.8) is 0 Å². The maximum atomic E-state index is 11.7. The molecule has 1 aromatic heterocycles. The molecule has 102 valence electrons. The molecule has 1 saturated heterocycles.